The van der Waals surface area contributed by atoms with E-state index >= 15 is 0 Å². The molecule has 1 saturated carbocycles. The van der Waals surface area contributed by atoms with Gasteiger partial charge in [-0.1, -0.05) is 18.2 Å². The molecule has 8 nitrogen and oxygen atoms in total. The van der Waals surface area contributed by atoms with Crippen molar-refractivity contribution in [1.29, 1.82) is 0 Å². The second-order valence-electron chi connectivity index (χ2n) is 8.48. The maximum Gasteiger partial charge on any atom is 0.246 e. The molecule has 1 spiro atoms. The lowest BCUT2D eigenvalue weighted by Crippen LogP contribution is -2.45. The Hall–Kier alpha value is -2.97. The van der Waals surface area contributed by atoms with E-state index < -0.39 is 0 Å². The van der Waals surface area contributed by atoms with Gasteiger partial charge in [-0.05, 0) is 31.0 Å². The summed E-state index contributed by atoms with van der Waals surface area (Å²) in [6.07, 6.45) is 5.89. The number of ether oxygens (including phenoxy) is 2. The van der Waals surface area contributed by atoms with E-state index in [1.807, 2.05) is 30.3 Å². The highest BCUT2D eigenvalue weighted by Gasteiger charge is 2.40. The van der Waals surface area contributed by atoms with Crippen LogP contribution in [-0.2, 0) is 9.47 Å². The highest BCUT2D eigenvalue weighted by Crippen LogP contribution is 2.41. The first-order valence-corrected chi connectivity index (χ1v) is 11.1. The predicted molar refractivity (Wildman–Crippen MR) is 119 cm³/mol. The van der Waals surface area contributed by atoms with Gasteiger partial charge in [0.15, 0.2) is 5.79 Å². The number of nitrogens with zero attached hydrogens (tertiary/aromatic N) is 5. The number of nitrogens with one attached hydrogen (secondary N) is 1. The largest absolute Gasteiger partial charge is 0.356 e. The van der Waals surface area contributed by atoms with E-state index in [1.54, 1.807) is 11.0 Å². The molecule has 4 heterocycles. The predicted octanol–water partition coefficient (Wildman–Crippen LogP) is 3.87. The molecule has 0 unspecified atom stereocenters. The van der Waals surface area contributed by atoms with E-state index in [1.165, 1.54) is 12.8 Å². The van der Waals surface area contributed by atoms with Gasteiger partial charge < -0.3 is 19.7 Å². The fourth-order valence-electron chi connectivity index (χ4n) is 4.38. The Labute approximate surface area is 182 Å². The first-order chi connectivity index (χ1) is 15.3. The summed E-state index contributed by atoms with van der Waals surface area (Å²) in [5.74, 6) is 1.77. The monoisotopic (exact) mass is 420 g/mol. The fraction of sp³-hybridized carbons (Fsp3) is 0.435. The smallest absolute Gasteiger partial charge is 0.246 e. The summed E-state index contributed by atoms with van der Waals surface area (Å²) in [6.45, 7) is 3.15. The quantitative estimate of drug-likeness (QED) is 0.671. The van der Waals surface area contributed by atoms with Crippen molar-refractivity contribution in [2.24, 2.45) is 0 Å². The third-order valence-corrected chi connectivity index (χ3v) is 6.26. The van der Waals surface area contributed by atoms with Gasteiger partial charge in [0, 0.05) is 50.7 Å². The van der Waals surface area contributed by atoms with Crippen LogP contribution < -0.4 is 10.2 Å². The molecule has 0 amide bonds. The number of hydrogen-bond donors (Lipinski definition) is 1. The molecule has 31 heavy (non-hydrogen) atoms. The Morgan fingerprint density at radius 3 is 2.55 bits per heavy atom. The molecule has 6 rings (SSSR count). The van der Waals surface area contributed by atoms with Crippen molar-refractivity contribution >= 4 is 17.5 Å². The maximum absolute atomic E-state index is 5.88. The number of rotatable bonds is 5. The van der Waals surface area contributed by atoms with Crippen molar-refractivity contribution in [1.82, 2.24) is 19.7 Å². The van der Waals surface area contributed by atoms with Crippen LogP contribution in [0.2, 0.25) is 0 Å². The van der Waals surface area contributed by atoms with E-state index in [0.29, 0.717) is 25.1 Å². The molecule has 2 aliphatic heterocycles. The molecule has 0 radical (unpaired) electrons. The van der Waals surface area contributed by atoms with Crippen molar-refractivity contribution in [2.45, 2.75) is 37.4 Å². The van der Waals surface area contributed by atoms with E-state index in [9.17, 15) is 0 Å². The van der Waals surface area contributed by atoms with Gasteiger partial charge in [0.1, 0.15) is 12.1 Å². The van der Waals surface area contributed by atoms with E-state index in [4.69, 9.17) is 14.5 Å². The molecular weight excluding hydrogens is 392 g/mol. The van der Waals surface area contributed by atoms with Crippen LogP contribution in [0.1, 0.15) is 38.7 Å². The Morgan fingerprint density at radius 1 is 1.03 bits per heavy atom. The van der Waals surface area contributed by atoms with Crippen LogP contribution in [-0.4, -0.2) is 51.8 Å². The zero-order valence-electron chi connectivity index (χ0n) is 17.4. The van der Waals surface area contributed by atoms with Crippen LogP contribution in [0.25, 0.3) is 5.69 Å². The molecular formula is C23H28N6O2. The van der Waals surface area contributed by atoms with E-state index in [-0.39, 0.29) is 7.21 Å². The van der Waals surface area contributed by atoms with Gasteiger partial charge in [0.2, 0.25) is 5.95 Å². The molecule has 2 aromatic heterocycles. The lowest BCUT2D eigenvalue weighted by atomic mass is 10.0. The van der Waals surface area contributed by atoms with Crippen LogP contribution in [0.5, 0.6) is 0 Å². The van der Waals surface area contributed by atoms with Gasteiger partial charge >= 0.3 is 0 Å². The third kappa shape index (κ3) is 3.88. The molecule has 3 fully saturated rings. The topological polar surface area (TPSA) is 77.3 Å². The summed E-state index contributed by atoms with van der Waals surface area (Å²) in [7, 11) is 0. The van der Waals surface area contributed by atoms with Crippen LogP contribution in [0, 0.1) is 0 Å². The van der Waals surface area contributed by atoms with Crippen molar-refractivity contribution in [2.75, 3.05) is 36.5 Å². The zero-order chi connectivity index (χ0) is 20.7. The first kappa shape index (κ1) is 18.8. The van der Waals surface area contributed by atoms with Gasteiger partial charge in [0.25, 0.3) is 0 Å². The number of piperidine rings is 1. The summed E-state index contributed by atoms with van der Waals surface area (Å²) in [5.41, 5.74) is 3.11. The maximum atomic E-state index is 5.88. The average Bonchev–Trinajstić information content (AvgIpc) is 3.41. The van der Waals surface area contributed by atoms with Crippen LogP contribution in [0.15, 0.2) is 48.8 Å². The number of hydrogen-bond acceptors (Lipinski definition) is 7. The van der Waals surface area contributed by atoms with Crippen molar-refractivity contribution in [3.8, 4) is 5.69 Å². The molecule has 162 valence electrons. The molecule has 1 aromatic carbocycles. The van der Waals surface area contributed by atoms with E-state index in [0.717, 1.165) is 48.8 Å². The number of pyridine rings is 1. The Balaban J connectivity index is 0.00000216. The minimum absolute atomic E-state index is 0. The first-order valence-electron chi connectivity index (χ1n) is 11.1. The molecule has 3 aliphatic rings. The van der Waals surface area contributed by atoms with Crippen molar-refractivity contribution < 1.29 is 10.9 Å². The molecule has 0 atom stereocenters. The minimum atomic E-state index is -0.375. The zero-order valence-corrected chi connectivity index (χ0v) is 17.4. The number of anilines is 3. The normalized spacial score (nSPS) is 20.3. The van der Waals surface area contributed by atoms with Crippen LogP contribution >= 0.6 is 0 Å². The summed E-state index contributed by atoms with van der Waals surface area (Å²) < 4.78 is 13.5. The molecule has 2 saturated heterocycles. The second-order valence-corrected chi connectivity index (χ2v) is 8.48. The van der Waals surface area contributed by atoms with Crippen LogP contribution in [0.4, 0.5) is 17.5 Å². The highest BCUT2D eigenvalue weighted by atomic mass is 16.7. The Bertz CT molecular complexity index is 1060. The lowest BCUT2D eigenvalue weighted by molar-refractivity contribution is -0.169. The molecule has 0 bridgehead atoms. The fourth-order valence-corrected chi connectivity index (χ4v) is 4.38. The second kappa shape index (κ2) is 7.62. The minimum Gasteiger partial charge on any atom is -0.356 e. The summed E-state index contributed by atoms with van der Waals surface area (Å²) in [4.78, 5) is 11.8. The third-order valence-electron chi connectivity index (χ3n) is 6.26. The summed E-state index contributed by atoms with van der Waals surface area (Å²) in [5, 5.41) is 7.97. The Kier molecular flexibility index (Phi) is 4.61. The van der Waals surface area contributed by atoms with Crippen molar-refractivity contribution in [3.05, 3.63) is 54.5 Å². The highest BCUT2D eigenvalue weighted by molar-refractivity contribution is 5.60. The molecule has 1 N–H and O–H groups in total. The average molecular weight is 421 g/mol. The van der Waals surface area contributed by atoms with E-state index in [2.05, 4.69) is 32.4 Å². The van der Waals surface area contributed by atoms with Gasteiger partial charge in [-0.25, -0.2) is 9.67 Å². The Morgan fingerprint density at radius 2 is 1.81 bits per heavy atom. The number of aromatic nitrogens is 4. The van der Waals surface area contributed by atoms with Gasteiger partial charge in [-0.3, -0.25) is 0 Å². The van der Waals surface area contributed by atoms with Gasteiger partial charge in [-0.15, -0.1) is 5.10 Å². The SMILES string of the molecule is [HH].c1ccc(-n2cnc(Nc3cc(C4CC4)nc(N4CCC5(CC4)OCCO5)c3)n2)cc1. The molecule has 3 aromatic rings. The summed E-state index contributed by atoms with van der Waals surface area (Å²) in [6, 6.07) is 14.2. The van der Waals surface area contributed by atoms with Gasteiger partial charge in [0.05, 0.1) is 18.9 Å². The lowest BCUT2D eigenvalue weighted by Gasteiger charge is -2.38. The molecule has 1 aliphatic carbocycles. The number of para-hydroxylation sites is 1. The van der Waals surface area contributed by atoms with Gasteiger partial charge in [-0.2, -0.15) is 4.98 Å². The van der Waals surface area contributed by atoms with Crippen LogP contribution in [0.3, 0.4) is 0 Å². The van der Waals surface area contributed by atoms with Crippen molar-refractivity contribution in [3.63, 3.8) is 0 Å². The standard InChI is InChI=1S/C23H26N6O2.H2/c1-2-4-19(5-3-1)29-16-24-22(27-29)25-18-14-20(17-6-7-17)26-21(15-18)28-10-8-23(9-11-28)30-12-13-31-23;/h1-5,14-17H,6-13H2,(H,25,26,27);1H. The summed E-state index contributed by atoms with van der Waals surface area (Å²) >= 11 is 0. The molecule has 8 heteroatoms. The number of benzene rings is 1.